The molecule has 144 valence electrons. The number of ether oxygens (including phenoxy) is 1. The van der Waals surface area contributed by atoms with E-state index in [4.69, 9.17) is 4.74 Å². The molecule has 4 rings (SSSR count). The van der Waals surface area contributed by atoms with Crippen LogP contribution in [0.4, 0.5) is 8.78 Å². The predicted octanol–water partition coefficient (Wildman–Crippen LogP) is 2.61. The maximum atomic E-state index is 13.6. The van der Waals surface area contributed by atoms with Gasteiger partial charge in [-0.25, -0.2) is 8.78 Å². The van der Waals surface area contributed by atoms with Gasteiger partial charge in [0.1, 0.15) is 12.2 Å². The highest BCUT2D eigenvalue weighted by molar-refractivity contribution is 5.94. The summed E-state index contributed by atoms with van der Waals surface area (Å²) in [5, 5.41) is 8.39. The van der Waals surface area contributed by atoms with Gasteiger partial charge in [0.05, 0.1) is 0 Å². The summed E-state index contributed by atoms with van der Waals surface area (Å²) >= 11 is 0. The lowest BCUT2D eigenvalue weighted by atomic mass is 9.71. The summed E-state index contributed by atoms with van der Waals surface area (Å²) in [7, 11) is 0. The molecule has 8 heteroatoms. The van der Waals surface area contributed by atoms with Crippen LogP contribution in [0.2, 0.25) is 0 Å². The number of rotatable bonds is 3. The molecule has 2 saturated heterocycles. The number of carbonyl (C=O) groups is 1. The first-order valence-electron chi connectivity index (χ1n) is 9.24. The normalized spacial score (nSPS) is 21.7. The van der Waals surface area contributed by atoms with E-state index in [0.29, 0.717) is 26.3 Å². The molecule has 0 N–H and O–H groups in total. The van der Waals surface area contributed by atoms with E-state index in [9.17, 15) is 13.6 Å². The zero-order valence-corrected chi connectivity index (χ0v) is 15.2. The van der Waals surface area contributed by atoms with Crippen LogP contribution in [-0.2, 0) is 11.3 Å². The molecule has 0 bridgehead atoms. The van der Waals surface area contributed by atoms with Gasteiger partial charge in [-0.1, -0.05) is 0 Å². The maximum Gasteiger partial charge on any atom is 0.254 e. The van der Waals surface area contributed by atoms with E-state index in [2.05, 4.69) is 10.2 Å². The van der Waals surface area contributed by atoms with E-state index in [0.717, 1.165) is 37.3 Å². The number of aromatic nitrogens is 3. The molecule has 0 saturated carbocycles. The second kappa shape index (κ2) is 6.99. The number of halogens is 2. The zero-order chi connectivity index (χ0) is 19.0. The third-order valence-corrected chi connectivity index (χ3v) is 5.89. The molecule has 6 nitrogen and oxygen atoms in total. The Balaban J connectivity index is 1.66. The van der Waals surface area contributed by atoms with Crippen molar-refractivity contribution in [1.82, 2.24) is 19.7 Å². The highest BCUT2D eigenvalue weighted by atomic mass is 19.2. The number of amides is 1. The lowest BCUT2D eigenvalue weighted by Gasteiger charge is -2.37. The third-order valence-electron chi connectivity index (χ3n) is 5.89. The second-order valence-electron chi connectivity index (χ2n) is 7.32. The molecule has 0 radical (unpaired) electrons. The Hall–Kier alpha value is -2.35. The lowest BCUT2D eigenvalue weighted by Crippen LogP contribution is -2.37. The van der Waals surface area contributed by atoms with Crippen molar-refractivity contribution in [1.29, 1.82) is 0 Å². The number of aryl methyl sites for hydroxylation is 1. The number of carbonyl (C=O) groups excluding carboxylic acids is 1. The summed E-state index contributed by atoms with van der Waals surface area (Å²) in [6, 6.07) is 3.30. The largest absolute Gasteiger partial charge is 0.381 e. The highest BCUT2D eigenvalue weighted by Gasteiger charge is 2.51. The standard InChI is InChI=1S/C19H22F2N4O2/c1-2-24-12-22-23-17(24)14-10-25(11-19(14)5-7-27-8-6-19)18(26)13-3-4-15(20)16(21)9-13/h3-4,9,12,14H,2,5-8,10-11H2,1H3. The molecule has 1 amide bonds. The number of likely N-dealkylation sites (tertiary alicyclic amines) is 1. The molecule has 1 aromatic carbocycles. The van der Waals surface area contributed by atoms with Crippen LogP contribution in [0.3, 0.4) is 0 Å². The monoisotopic (exact) mass is 376 g/mol. The molecular weight excluding hydrogens is 354 g/mol. The molecule has 2 aromatic rings. The molecular formula is C19H22F2N4O2. The van der Waals surface area contributed by atoms with E-state index in [1.165, 1.54) is 6.07 Å². The van der Waals surface area contributed by atoms with Crippen LogP contribution in [0.15, 0.2) is 24.5 Å². The molecule has 0 aliphatic carbocycles. The van der Waals surface area contributed by atoms with Gasteiger partial charge in [0.15, 0.2) is 11.6 Å². The lowest BCUT2D eigenvalue weighted by molar-refractivity contribution is 0.0107. The van der Waals surface area contributed by atoms with Crippen LogP contribution in [0.25, 0.3) is 0 Å². The van der Waals surface area contributed by atoms with E-state index in [1.54, 1.807) is 11.2 Å². The number of benzene rings is 1. The Morgan fingerprint density at radius 1 is 1.30 bits per heavy atom. The fourth-order valence-electron chi connectivity index (χ4n) is 4.35. The van der Waals surface area contributed by atoms with Crippen molar-refractivity contribution in [2.75, 3.05) is 26.3 Å². The van der Waals surface area contributed by atoms with Crippen molar-refractivity contribution < 1.29 is 18.3 Å². The van der Waals surface area contributed by atoms with Gasteiger partial charge in [0, 0.05) is 49.7 Å². The van der Waals surface area contributed by atoms with Crippen molar-refractivity contribution in [3.63, 3.8) is 0 Å². The van der Waals surface area contributed by atoms with Gasteiger partial charge >= 0.3 is 0 Å². The van der Waals surface area contributed by atoms with Gasteiger partial charge in [-0.05, 0) is 38.0 Å². The van der Waals surface area contributed by atoms with Crippen LogP contribution in [0.1, 0.15) is 41.9 Å². The van der Waals surface area contributed by atoms with Gasteiger partial charge in [-0.2, -0.15) is 0 Å². The molecule has 2 fully saturated rings. The average Bonchev–Trinajstić information content (AvgIpc) is 3.28. The summed E-state index contributed by atoms with van der Waals surface area (Å²) in [6.45, 7) is 5.10. The van der Waals surface area contributed by atoms with Crippen molar-refractivity contribution in [2.45, 2.75) is 32.2 Å². The number of hydrogen-bond acceptors (Lipinski definition) is 4. The summed E-state index contributed by atoms with van der Waals surface area (Å²) in [6.07, 6.45) is 3.37. The minimum atomic E-state index is -1.01. The Morgan fingerprint density at radius 2 is 2.07 bits per heavy atom. The molecule has 3 heterocycles. The van der Waals surface area contributed by atoms with E-state index >= 15 is 0 Å². The van der Waals surface area contributed by atoms with Crippen molar-refractivity contribution in [3.8, 4) is 0 Å². The minimum absolute atomic E-state index is 0.0399. The molecule has 2 aliphatic rings. The summed E-state index contributed by atoms with van der Waals surface area (Å²) in [5.41, 5.74) is 0.0283. The molecule has 1 atom stereocenters. The Morgan fingerprint density at radius 3 is 2.78 bits per heavy atom. The quantitative estimate of drug-likeness (QED) is 0.826. The molecule has 1 aromatic heterocycles. The van der Waals surface area contributed by atoms with Gasteiger partial charge in [0.25, 0.3) is 5.91 Å². The smallest absolute Gasteiger partial charge is 0.254 e. The zero-order valence-electron chi connectivity index (χ0n) is 15.2. The topological polar surface area (TPSA) is 60.2 Å². The Kier molecular flexibility index (Phi) is 4.67. The number of hydrogen-bond donors (Lipinski definition) is 0. The highest BCUT2D eigenvalue weighted by Crippen LogP contribution is 2.49. The summed E-state index contributed by atoms with van der Waals surface area (Å²) in [4.78, 5) is 14.7. The fourth-order valence-corrected chi connectivity index (χ4v) is 4.35. The average molecular weight is 376 g/mol. The van der Waals surface area contributed by atoms with Gasteiger partial charge in [-0.15, -0.1) is 10.2 Å². The van der Waals surface area contributed by atoms with E-state index in [1.807, 2.05) is 11.5 Å². The first-order chi connectivity index (χ1) is 13.0. The SMILES string of the molecule is CCn1cnnc1C1CN(C(=O)c2ccc(F)c(F)c2)CC12CCOCC2. The molecule has 1 spiro atoms. The summed E-state index contributed by atoms with van der Waals surface area (Å²) < 4.78 is 34.4. The van der Waals surface area contributed by atoms with E-state index in [-0.39, 0.29) is 22.8 Å². The molecule has 2 aliphatic heterocycles. The van der Waals surface area contributed by atoms with Crippen molar-refractivity contribution in [3.05, 3.63) is 47.5 Å². The number of nitrogens with zero attached hydrogens (tertiary/aromatic N) is 4. The van der Waals surface area contributed by atoms with Crippen molar-refractivity contribution in [2.24, 2.45) is 5.41 Å². The summed E-state index contributed by atoms with van der Waals surface area (Å²) in [5.74, 6) is -1.34. The Labute approximate surface area is 156 Å². The van der Waals surface area contributed by atoms with Crippen LogP contribution in [0.5, 0.6) is 0 Å². The second-order valence-corrected chi connectivity index (χ2v) is 7.32. The first kappa shape index (κ1) is 18.0. The first-order valence-corrected chi connectivity index (χ1v) is 9.24. The maximum absolute atomic E-state index is 13.6. The van der Waals surface area contributed by atoms with Gasteiger partial charge in [0.2, 0.25) is 0 Å². The third kappa shape index (κ3) is 3.12. The van der Waals surface area contributed by atoms with Crippen LogP contribution < -0.4 is 0 Å². The van der Waals surface area contributed by atoms with Crippen molar-refractivity contribution >= 4 is 5.91 Å². The van der Waals surface area contributed by atoms with E-state index < -0.39 is 11.6 Å². The predicted molar refractivity (Wildman–Crippen MR) is 93.2 cm³/mol. The molecule has 1 unspecified atom stereocenters. The van der Waals surface area contributed by atoms with Crippen LogP contribution in [0, 0.1) is 17.0 Å². The Bertz CT molecular complexity index is 848. The van der Waals surface area contributed by atoms with Gasteiger partial charge < -0.3 is 14.2 Å². The fraction of sp³-hybridized carbons (Fsp3) is 0.526. The minimum Gasteiger partial charge on any atom is -0.381 e. The van der Waals surface area contributed by atoms with Crippen LogP contribution in [-0.4, -0.2) is 51.9 Å². The van der Waals surface area contributed by atoms with Crippen LogP contribution >= 0.6 is 0 Å². The molecule has 27 heavy (non-hydrogen) atoms. The van der Waals surface area contributed by atoms with Gasteiger partial charge in [-0.3, -0.25) is 4.79 Å².